The first-order chi connectivity index (χ1) is 6.10. The summed E-state index contributed by atoms with van der Waals surface area (Å²) in [5.74, 6) is 0.0909. The second-order valence-electron chi connectivity index (χ2n) is 2.54. The minimum absolute atomic E-state index is 0. The van der Waals surface area contributed by atoms with Crippen molar-refractivity contribution in [3.8, 4) is 0 Å². The predicted molar refractivity (Wildman–Crippen MR) is 64.9 cm³/mol. The van der Waals surface area contributed by atoms with Crippen molar-refractivity contribution in [1.29, 1.82) is 0 Å². The lowest BCUT2D eigenvalue weighted by Crippen LogP contribution is -2.05. The van der Waals surface area contributed by atoms with Gasteiger partial charge in [-0.1, -0.05) is 28.9 Å². The lowest BCUT2D eigenvalue weighted by Gasteiger charge is -2.00. The molecular formula is C8H11Br2NO2S. The van der Waals surface area contributed by atoms with E-state index in [4.69, 9.17) is 0 Å². The third kappa shape index (κ3) is 3.33. The number of sulfone groups is 1. The molecule has 1 aromatic rings. The summed E-state index contributed by atoms with van der Waals surface area (Å²) in [7, 11) is -3.15. The van der Waals surface area contributed by atoms with Gasteiger partial charge in [-0.05, 0) is 11.6 Å². The van der Waals surface area contributed by atoms with Crippen LogP contribution in [-0.4, -0.2) is 19.2 Å². The van der Waals surface area contributed by atoms with Gasteiger partial charge in [0.05, 0.1) is 5.75 Å². The molecular weight excluding hydrogens is 334 g/mol. The summed E-state index contributed by atoms with van der Waals surface area (Å²) < 4.78 is 22.7. The summed E-state index contributed by atoms with van der Waals surface area (Å²) >= 11 is 3.26. The Morgan fingerprint density at radius 2 is 2.07 bits per heavy atom. The van der Waals surface area contributed by atoms with Gasteiger partial charge in [0, 0.05) is 11.5 Å². The van der Waals surface area contributed by atoms with Crippen molar-refractivity contribution in [3.63, 3.8) is 0 Å². The molecule has 0 N–H and O–H groups in total. The molecule has 0 atom stereocenters. The van der Waals surface area contributed by atoms with E-state index in [0.717, 1.165) is 5.56 Å². The van der Waals surface area contributed by atoms with Gasteiger partial charge in [-0.25, -0.2) is 13.4 Å². The van der Waals surface area contributed by atoms with Gasteiger partial charge < -0.3 is 0 Å². The van der Waals surface area contributed by atoms with E-state index in [2.05, 4.69) is 20.9 Å². The zero-order valence-corrected chi connectivity index (χ0v) is 11.7. The topological polar surface area (TPSA) is 47.0 Å². The molecule has 0 spiro atoms. The number of alkyl halides is 1. The number of hydrogen-bond acceptors (Lipinski definition) is 3. The van der Waals surface area contributed by atoms with Crippen LogP contribution in [0.1, 0.15) is 12.5 Å². The highest BCUT2D eigenvalue weighted by Gasteiger charge is 2.11. The quantitative estimate of drug-likeness (QED) is 0.791. The number of rotatable bonds is 3. The van der Waals surface area contributed by atoms with Crippen LogP contribution in [0.25, 0.3) is 0 Å². The van der Waals surface area contributed by atoms with Crippen LogP contribution in [-0.2, 0) is 15.2 Å². The highest BCUT2D eigenvalue weighted by atomic mass is 79.9. The Balaban J connectivity index is 0.00000169. The first-order valence-electron chi connectivity index (χ1n) is 3.84. The average Bonchev–Trinajstić information content (AvgIpc) is 2.18. The molecule has 80 valence electrons. The van der Waals surface area contributed by atoms with Crippen molar-refractivity contribution in [1.82, 2.24) is 4.98 Å². The molecule has 1 aromatic heterocycles. The Hall–Kier alpha value is 0.0600. The van der Waals surface area contributed by atoms with E-state index >= 15 is 0 Å². The standard InChI is InChI=1S/C8H10BrNO2S.BrH/c1-2-13(11,12)8-4-3-7(5-9)6-10-8;/h3-4,6H,2,5H2,1H3;1H. The molecule has 0 saturated heterocycles. The summed E-state index contributed by atoms with van der Waals surface area (Å²) in [5, 5.41) is 0.839. The summed E-state index contributed by atoms with van der Waals surface area (Å²) in [6.45, 7) is 1.61. The molecule has 0 fully saturated rings. The molecule has 0 unspecified atom stereocenters. The maximum atomic E-state index is 11.3. The molecule has 0 amide bonds. The fourth-order valence-electron chi connectivity index (χ4n) is 0.822. The van der Waals surface area contributed by atoms with Gasteiger partial charge in [-0.15, -0.1) is 17.0 Å². The molecule has 0 bridgehead atoms. The summed E-state index contributed by atoms with van der Waals surface area (Å²) in [5.41, 5.74) is 0.968. The zero-order chi connectivity index (χ0) is 9.90. The molecule has 6 heteroatoms. The van der Waals surface area contributed by atoms with E-state index in [9.17, 15) is 8.42 Å². The van der Waals surface area contributed by atoms with Crippen LogP contribution >= 0.6 is 32.9 Å². The fourth-order valence-corrected chi connectivity index (χ4v) is 1.94. The van der Waals surface area contributed by atoms with Gasteiger partial charge in [0.25, 0.3) is 0 Å². The molecule has 1 heterocycles. The Morgan fingerprint density at radius 3 is 2.43 bits per heavy atom. The molecule has 1 rings (SSSR count). The van der Waals surface area contributed by atoms with Gasteiger partial charge >= 0.3 is 0 Å². The second kappa shape index (κ2) is 5.82. The molecule has 0 aliphatic heterocycles. The maximum absolute atomic E-state index is 11.3. The molecule has 0 saturated carbocycles. The van der Waals surface area contributed by atoms with Gasteiger partial charge in [-0.3, -0.25) is 0 Å². The first kappa shape index (κ1) is 14.1. The van der Waals surface area contributed by atoms with E-state index in [1.165, 1.54) is 6.07 Å². The summed E-state index contributed by atoms with van der Waals surface area (Å²) in [4.78, 5) is 3.87. The highest BCUT2D eigenvalue weighted by molar-refractivity contribution is 9.08. The number of nitrogens with zero attached hydrogens (tertiary/aromatic N) is 1. The van der Waals surface area contributed by atoms with Gasteiger partial charge in [0.15, 0.2) is 14.9 Å². The zero-order valence-electron chi connectivity index (χ0n) is 7.60. The highest BCUT2D eigenvalue weighted by Crippen LogP contribution is 2.10. The molecule has 0 aromatic carbocycles. The minimum atomic E-state index is -3.15. The molecule has 3 nitrogen and oxygen atoms in total. The normalized spacial score (nSPS) is 10.7. The number of hydrogen-bond donors (Lipinski definition) is 0. The largest absolute Gasteiger partial charge is 0.244 e. The van der Waals surface area contributed by atoms with Gasteiger partial charge in [0.1, 0.15) is 0 Å². The van der Waals surface area contributed by atoms with E-state index in [-0.39, 0.29) is 27.8 Å². The Bertz CT molecular complexity index is 375. The number of aromatic nitrogens is 1. The van der Waals surface area contributed by atoms with E-state index in [1.54, 1.807) is 19.2 Å². The SMILES string of the molecule is Br.CCS(=O)(=O)c1ccc(CBr)cn1. The second-order valence-corrected chi connectivity index (χ2v) is 5.33. The van der Waals surface area contributed by atoms with Crippen LogP contribution < -0.4 is 0 Å². The Labute approximate surface area is 103 Å². The van der Waals surface area contributed by atoms with Crippen molar-refractivity contribution >= 4 is 42.7 Å². The number of pyridine rings is 1. The van der Waals surface area contributed by atoms with Gasteiger partial charge in [-0.2, -0.15) is 0 Å². The van der Waals surface area contributed by atoms with Crippen molar-refractivity contribution in [2.75, 3.05) is 5.75 Å². The lowest BCUT2D eigenvalue weighted by atomic mass is 10.3. The Kier molecular flexibility index (Phi) is 5.85. The van der Waals surface area contributed by atoms with E-state index in [0.29, 0.717) is 5.33 Å². The summed E-state index contributed by atoms with van der Waals surface area (Å²) in [6.07, 6.45) is 1.57. The van der Waals surface area contributed by atoms with Crippen LogP contribution in [0.3, 0.4) is 0 Å². The van der Waals surface area contributed by atoms with E-state index < -0.39 is 9.84 Å². The van der Waals surface area contributed by atoms with Crippen molar-refractivity contribution < 1.29 is 8.42 Å². The van der Waals surface area contributed by atoms with Crippen molar-refractivity contribution in [2.24, 2.45) is 0 Å². The van der Waals surface area contributed by atoms with Crippen LogP contribution in [0.5, 0.6) is 0 Å². The third-order valence-corrected chi connectivity index (χ3v) is 3.94. The average molecular weight is 345 g/mol. The molecule has 0 aliphatic carbocycles. The lowest BCUT2D eigenvalue weighted by molar-refractivity contribution is 0.593. The van der Waals surface area contributed by atoms with Crippen molar-refractivity contribution in [3.05, 3.63) is 23.9 Å². The molecule has 14 heavy (non-hydrogen) atoms. The molecule has 0 radical (unpaired) electrons. The first-order valence-corrected chi connectivity index (χ1v) is 6.61. The smallest absolute Gasteiger partial charge is 0.195 e. The summed E-state index contributed by atoms with van der Waals surface area (Å²) in [6, 6.07) is 3.29. The molecule has 0 aliphatic rings. The maximum Gasteiger partial charge on any atom is 0.195 e. The fraction of sp³-hybridized carbons (Fsp3) is 0.375. The predicted octanol–water partition coefficient (Wildman–Crippen LogP) is 2.35. The monoisotopic (exact) mass is 343 g/mol. The minimum Gasteiger partial charge on any atom is -0.244 e. The van der Waals surface area contributed by atoms with Crippen LogP contribution in [0.2, 0.25) is 0 Å². The Morgan fingerprint density at radius 1 is 1.43 bits per heavy atom. The van der Waals surface area contributed by atoms with Crippen molar-refractivity contribution in [2.45, 2.75) is 17.3 Å². The van der Waals surface area contributed by atoms with Crippen LogP contribution in [0, 0.1) is 0 Å². The third-order valence-electron chi connectivity index (χ3n) is 1.65. The van der Waals surface area contributed by atoms with Crippen LogP contribution in [0.4, 0.5) is 0 Å². The van der Waals surface area contributed by atoms with E-state index in [1.807, 2.05) is 0 Å². The number of halogens is 2. The van der Waals surface area contributed by atoms with Crippen LogP contribution in [0.15, 0.2) is 23.4 Å². The van der Waals surface area contributed by atoms with Gasteiger partial charge in [0.2, 0.25) is 0 Å².